The van der Waals surface area contributed by atoms with Crippen molar-refractivity contribution in [2.24, 2.45) is 5.84 Å². The molecule has 0 fully saturated rings. The van der Waals surface area contributed by atoms with Crippen LogP contribution in [-0.4, -0.2) is 37.8 Å². The second-order valence-electron chi connectivity index (χ2n) is 4.62. The fourth-order valence-corrected chi connectivity index (χ4v) is 2.89. The van der Waals surface area contributed by atoms with Crippen molar-refractivity contribution in [2.75, 3.05) is 27.4 Å². The van der Waals surface area contributed by atoms with Crippen LogP contribution in [0.2, 0.25) is 5.02 Å². The molecule has 0 aliphatic carbocycles. The highest BCUT2D eigenvalue weighted by Crippen LogP contribution is 2.34. The van der Waals surface area contributed by atoms with E-state index in [1.165, 1.54) is 11.9 Å². The minimum absolute atomic E-state index is 0.199. The molecular formula is C15H23ClN2O4S. The highest BCUT2D eigenvalue weighted by atomic mass is 35.5. The van der Waals surface area contributed by atoms with E-state index in [-0.39, 0.29) is 5.97 Å². The van der Waals surface area contributed by atoms with Gasteiger partial charge in [0.1, 0.15) is 11.5 Å². The number of methoxy groups -OCH3 is 2. The van der Waals surface area contributed by atoms with Crippen LogP contribution >= 0.6 is 23.5 Å². The van der Waals surface area contributed by atoms with Crippen LogP contribution in [0.1, 0.15) is 25.3 Å². The minimum atomic E-state index is -0.199. The van der Waals surface area contributed by atoms with Gasteiger partial charge in [-0.15, -0.1) is 0 Å². The average Bonchev–Trinajstić information content (AvgIpc) is 2.53. The first-order chi connectivity index (χ1) is 11.0. The minimum Gasteiger partial charge on any atom is -0.496 e. The molecule has 0 bridgehead atoms. The molecule has 1 aromatic carbocycles. The molecule has 130 valence electrons. The van der Waals surface area contributed by atoms with Gasteiger partial charge in [-0.25, -0.2) is 0 Å². The Hall–Kier alpha value is -1.15. The Kier molecular flexibility index (Phi) is 9.16. The molecule has 0 aliphatic heterocycles. The monoisotopic (exact) mass is 362 g/mol. The van der Waals surface area contributed by atoms with Gasteiger partial charge in [0.25, 0.3) is 0 Å². The highest BCUT2D eigenvalue weighted by molar-refractivity contribution is 7.96. The van der Waals surface area contributed by atoms with Crippen molar-refractivity contribution in [1.29, 1.82) is 0 Å². The molecule has 0 amide bonds. The third-order valence-electron chi connectivity index (χ3n) is 3.01. The van der Waals surface area contributed by atoms with Crippen LogP contribution in [0.25, 0.3) is 0 Å². The molecule has 8 heteroatoms. The number of carbonyl (C=O) groups excluding carboxylic acids is 1. The lowest BCUT2D eigenvalue weighted by molar-refractivity contribution is -0.143. The van der Waals surface area contributed by atoms with E-state index >= 15 is 0 Å². The van der Waals surface area contributed by atoms with Crippen LogP contribution in [0.4, 0.5) is 0 Å². The Morgan fingerprint density at radius 2 is 2.00 bits per heavy atom. The Bertz CT molecular complexity index is 516. The fourth-order valence-electron chi connectivity index (χ4n) is 1.87. The van der Waals surface area contributed by atoms with Crippen molar-refractivity contribution in [3.05, 3.63) is 22.7 Å². The number of ether oxygens (including phenoxy) is 3. The van der Waals surface area contributed by atoms with E-state index in [0.717, 1.165) is 5.56 Å². The average molecular weight is 363 g/mol. The van der Waals surface area contributed by atoms with E-state index in [4.69, 9.17) is 31.7 Å². The predicted molar refractivity (Wildman–Crippen MR) is 92.6 cm³/mol. The molecular weight excluding hydrogens is 340 g/mol. The van der Waals surface area contributed by atoms with Crippen LogP contribution in [0, 0.1) is 0 Å². The zero-order valence-corrected chi connectivity index (χ0v) is 15.2. The lowest BCUT2D eigenvalue weighted by Crippen LogP contribution is -2.25. The first kappa shape index (κ1) is 19.9. The molecule has 0 unspecified atom stereocenters. The van der Waals surface area contributed by atoms with Crippen molar-refractivity contribution in [3.63, 3.8) is 0 Å². The molecule has 23 heavy (non-hydrogen) atoms. The Morgan fingerprint density at radius 1 is 1.30 bits per heavy atom. The molecule has 1 aromatic rings. The second-order valence-corrected chi connectivity index (χ2v) is 6.04. The quantitative estimate of drug-likeness (QED) is 0.297. The largest absolute Gasteiger partial charge is 0.496 e. The molecule has 0 heterocycles. The third-order valence-corrected chi connectivity index (χ3v) is 4.26. The number of hydrogen-bond donors (Lipinski definition) is 1. The summed E-state index contributed by atoms with van der Waals surface area (Å²) in [6.45, 7) is 2.77. The normalized spacial score (nSPS) is 10.7. The second kappa shape index (κ2) is 10.6. The molecule has 6 nitrogen and oxygen atoms in total. The predicted octanol–water partition coefficient (Wildman–Crippen LogP) is 3.02. The lowest BCUT2D eigenvalue weighted by atomic mass is 10.2. The molecule has 0 radical (unpaired) electrons. The van der Waals surface area contributed by atoms with Crippen molar-refractivity contribution >= 4 is 29.5 Å². The van der Waals surface area contributed by atoms with Crippen LogP contribution in [0.15, 0.2) is 12.1 Å². The molecule has 0 saturated carbocycles. The molecule has 0 saturated heterocycles. The molecule has 0 aromatic heterocycles. The lowest BCUT2D eigenvalue weighted by Gasteiger charge is -2.17. The number of esters is 1. The van der Waals surface area contributed by atoms with Gasteiger partial charge in [-0.2, -0.15) is 4.41 Å². The van der Waals surface area contributed by atoms with Gasteiger partial charge >= 0.3 is 5.97 Å². The molecule has 1 rings (SSSR count). The number of benzene rings is 1. The topological polar surface area (TPSA) is 74.0 Å². The SMILES string of the molecule is CCOC(=O)CCCN(N)SCc1cc(OC)c(Cl)cc1OC. The Labute approximate surface area is 146 Å². The number of halogens is 1. The molecule has 2 N–H and O–H groups in total. The fraction of sp³-hybridized carbons (Fsp3) is 0.533. The van der Waals surface area contributed by atoms with Gasteiger partial charge in [-0.3, -0.25) is 10.6 Å². The van der Waals surface area contributed by atoms with Gasteiger partial charge in [0.15, 0.2) is 0 Å². The summed E-state index contributed by atoms with van der Waals surface area (Å²) in [5.74, 6) is 7.60. The number of hydrogen-bond acceptors (Lipinski definition) is 7. The van der Waals surface area contributed by atoms with Gasteiger partial charge in [0, 0.05) is 30.3 Å². The first-order valence-corrected chi connectivity index (χ1v) is 8.55. The van der Waals surface area contributed by atoms with Crippen LogP contribution < -0.4 is 15.3 Å². The van der Waals surface area contributed by atoms with E-state index in [1.807, 2.05) is 6.07 Å². The Morgan fingerprint density at radius 3 is 2.61 bits per heavy atom. The number of nitrogens with zero attached hydrogens (tertiary/aromatic N) is 1. The maximum Gasteiger partial charge on any atom is 0.305 e. The van der Waals surface area contributed by atoms with Crippen molar-refractivity contribution < 1.29 is 19.0 Å². The number of carbonyl (C=O) groups is 1. The summed E-state index contributed by atoms with van der Waals surface area (Å²) in [7, 11) is 3.15. The van der Waals surface area contributed by atoms with E-state index < -0.39 is 0 Å². The van der Waals surface area contributed by atoms with Crippen molar-refractivity contribution in [2.45, 2.75) is 25.5 Å². The zero-order valence-electron chi connectivity index (χ0n) is 13.6. The number of rotatable bonds is 10. The maximum absolute atomic E-state index is 11.3. The van der Waals surface area contributed by atoms with Crippen molar-refractivity contribution in [3.8, 4) is 11.5 Å². The summed E-state index contributed by atoms with van der Waals surface area (Å²) in [6.07, 6.45) is 1.00. The van der Waals surface area contributed by atoms with Crippen LogP contribution in [0.3, 0.4) is 0 Å². The maximum atomic E-state index is 11.3. The number of hydrazine groups is 1. The molecule has 0 aliphatic rings. The van der Waals surface area contributed by atoms with Gasteiger partial charge in [-0.1, -0.05) is 23.5 Å². The van der Waals surface area contributed by atoms with Gasteiger partial charge in [-0.05, 0) is 19.4 Å². The summed E-state index contributed by atoms with van der Waals surface area (Å²) < 4.78 is 17.0. The van der Waals surface area contributed by atoms with Gasteiger partial charge < -0.3 is 14.2 Å². The van der Waals surface area contributed by atoms with Crippen LogP contribution in [0.5, 0.6) is 11.5 Å². The summed E-state index contributed by atoms with van der Waals surface area (Å²) >= 11 is 7.51. The molecule has 0 spiro atoms. The van der Waals surface area contributed by atoms with Gasteiger partial charge in [0.2, 0.25) is 0 Å². The summed E-state index contributed by atoms with van der Waals surface area (Å²) in [6, 6.07) is 3.55. The highest BCUT2D eigenvalue weighted by Gasteiger charge is 2.12. The van der Waals surface area contributed by atoms with E-state index in [9.17, 15) is 4.79 Å². The van der Waals surface area contributed by atoms with Gasteiger partial charge in [0.05, 0.1) is 25.8 Å². The van der Waals surface area contributed by atoms with Crippen LogP contribution in [-0.2, 0) is 15.3 Å². The Balaban J connectivity index is 2.49. The van der Waals surface area contributed by atoms with E-state index in [2.05, 4.69) is 0 Å². The summed E-state index contributed by atoms with van der Waals surface area (Å²) in [5.41, 5.74) is 0.930. The third kappa shape index (κ3) is 6.87. The zero-order chi connectivity index (χ0) is 17.2. The summed E-state index contributed by atoms with van der Waals surface area (Å²) in [4.78, 5) is 11.3. The first-order valence-electron chi connectivity index (χ1n) is 7.23. The summed E-state index contributed by atoms with van der Waals surface area (Å²) in [5, 5.41) is 0.497. The molecule has 0 atom stereocenters. The number of nitrogens with two attached hydrogens (primary N) is 1. The smallest absolute Gasteiger partial charge is 0.305 e. The van der Waals surface area contributed by atoms with Crippen molar-refractivity contribution in [1.82, 2.24) is 4.41 Å². The standard InChI is InChI=1S/C15H23ClN2O4S/c1-4-22-15(19)6-5-7-18(17)23-10-11-8-14(21-3)12(16)9-13(11)20-2/h8-9H,4-7,10,17H2,1-3H3. The van der Waals surface area contributed by atoms with E-state index in [0.29, 0.717) is 48.3 Å². The van der Waals surface area contributed by atoms with E-state index in [1.54, 1.807) is 31.6 Å².